The molecule has 21 heavy (non-hydrogen) atoms. The number of nitrogens with two attached hydrogens (primary N) is 1. The van der Waals surface area contributed by atoms with E-state index in [2.05, 4.69) is 30.9 Å². The number of rotatable bonds is 4. The van der Waals surface area contributed by atoms with E-state index in [-0.39, 0.29) is 11.5 Å². The topological polar surface area (TPSA) is 55.6 Å². The van der Waals surface area contributed by atoms with E-state index in [4.69, 9.17) is 10.5 Å². The van der Waals surface area contributed by atoms with E-state index < -0.39 is 0 Å². The largest absolute Gasteiger partial charge is 0.463 e. The van der Waals surface area contributed by atoms with Crippen LogP contribution < -0.4 is 5.73 Å². The average Bonchev–Trinajstić information content (AvgIpc) is 2.46. The molecule has 1 aliphatic heterocycles. The Bertz CT molecular complexity index is 535. The van der Waals surface area contributed by atoms with E-state index in [0.717, 1.165) is 13.1 Å². The third-order valence-electron chi connectivity index (χ3n) is 4.14. The van der Waals surface area contributed by atoms with Crippen molar-refractivity contribution in [1.82, 2.24) is 4.90 Å². The predicted molar refractivity (Wildman–Crippen MR) is 83.4 cm³/mol. The molecule has 0 amide bonds. The molecule has 0 bridgehead atoms. The lowest BCUT2D eigenvalue weighted by molar-refractivity contribution is -0.139. The number of benzene rings is 1. The molecule has 1 aromatic rings. The summed E-state index contributed by atoms with van der Waals surface area (Å²) in [5.41, 5.74) is 8.42. The van der Waals surface area contributed by atoms with Gasteiger partial charge in [-0.05, 0) is 32.8 Å². The molecule has 0 saturated heterocycles. The van der Waals surface area contributed by atoms with E-state index in [9.17, 15) is 4.79 Å². The summed E-state index contributed by atoms with van der Waals surface area (Å²) in [6, 6.07) is 10.3. The Kier molecular flexibility index (Phi) is 4.68. The summed E-state index contributed by atoms with van der Waals surface area (Å²) in [5, 5.41) is 0. The molecule has 4 heteroatoms. The summed E-state index contributed by atoms with van der Waals surface area (Å²) in [6.45, 7) is 7.93. The number of esters is 1. The highest BCUT2D eigenvalue weighted by Gasteiger charge is 2.37. The summed E-state index contributed by atoms with van der Waals surface area (Å²) in [4.78, 5) is 14.3. The Morgan fingerprint density at radius 2 is 2.00 bits per heavy atom. The van der Waals surface area contributed by atoms with Gasteiger partial charge in [-0.3, -0.25) is 4.90 Å². The number of nitrogens with zero attached hydrogens (tertiary/aromatic N) is 1. The van der Waals surface area contributed by atoms with E-state index in [1.165, 1.54) is 5.56 Å². The minimum atomic E-state index is -0.351. The smallest absolute Gasteiger partial charge is 0.335 e. The van der Waals surface area contributed by atoms with Crippen LogP contribution in [0.1, 0.15) is 32.8 Å². The van der Waals surface area contributed by atoms with Crippen LogP contribution in [0.2, 0.25) is 0 Å². The number of carbonyl (C=O) groups excluding carboxylic acids is 1. The Hall–Kier alpha value is -1.81. The van der Waals surface area contributed by atoms with Gasteiger partial charge in [-0.15, -0.1) is 0 Å². The maximum atomic E-state index is 12.0. The molecule has 0 aliphatic carbocycles. The van der Waals surface area contributed by atoms with Crippen LogP contribution in [0.15, 0.2) is 41.6 Å². The molecule has 0 atom stereocenters. The van der Waals surface area contributed by atoms with E-state index in [1.54, 1.807) is 0 Å². The monoisotopic (exact) mass is 288 g/mol. The van der Waals surface area contributed by atoms with Crippen molar-refractivity contribution in [3.63, 3.8) is 0 Å². The van der Waals surface area contributed by atoms with E-state index >= 15 is 0 Å². The van der Waals surface area contributed by atoms with Crippen molar-refractivity contribution in [3.8, 4) is 0 Å². The van der Waals surface area contributed by atoms with Gasteiger partial charge in [-0.25, -0.2) is 4.79 Å². The molecule has 0 fully saturated rings. The maximum absolute atomic E-state index is 12.0. The summed E-state index contributed by atoms with van der Waals surface area (Å²) < 4.78 is 5.10. The molecule has 114 valence electrons. The van der Waals surface area contributed by atoms with Crippen molar-refractivity contribution >= 4 is 5.97 Å². The molecule has 1 heterocycles. The predicted octanol–water partition coefficient (Wildman–Crippen LogP) is 2.45. The van der Waals surface area contributed by atoms with Gasteiger partial charge in [0.15, 0.2) is 0 Å². The summed E-state index contributed by atoms with van der Waals surface area (Å²) in [7, 11) is 0. The van der Waals surface area contributed by atoms with E-state index in [1.807, 2.05) is 25.1 Å². The fourth-order valence-electron chi connectivity index (χ4n) is 2.71. The first kappa shape index (κ1) is 15.6. The van der Waals surface area contributed by atoms with Gasteiger partial charge < -0.3 is 10.5 Å². The number of hydrogen-bond donors (Lipinski definition) is 1. The molecule has 1 aromatic carbocycles. The highest BCUT2D eigenvalue weighted by molar-refractivity contribution is 5.89. The first-order valence-electron chi connectivity index (χ1n) is 7.42. The van der Waals surface area contributed by atoms with Crippen LogP contribution in [-0.2, 0) is 16.1 Å². The molecular formula is C17H24N2O2. The standard InChI is InChI=1S/C17H24N2O2/c1-4-21-16(20)14-10-11-19(17(2,3)15(14)18)12-13-8-6-5-7-9-13/h5-9H,4,10-12,18H2,1-3H3. The molecular weight excluding hydrogens is 264 g/mol. The van der Waals surface area contributed by atoms with Crippen molar-refractivity contribution in [1.29, 1.82) is 0 Å². The highest BCUT2D eigenvalue weighted by Crippen LogP contribution is 2.31. The third kappa shape index (κ3) is 3.27. The van der Waals surface area contributed by atoms with Gasteiger partial charge in [0, 0.05) is 18.8 Å². The lowest BCUT2D eigenvalue weighted by Crippen LogP contribution is -2.51. The molecule has 2 rings (SSSR count). The van der Waals surface area contributed by atoms with Crippen LogP contribution >= 0.6 is 0 Å². The van der Waals surface area contributed by atoms with Crippen molar-refractivity contribution in [2.75, 3.05) is 13.2 Å². The SMILES string of the molecule is CCOC(=O)C1=C(N)C(C)(C)N(Cc2ccccc2)CC1. The molecule has 0 unspecified atom stereocenters. The lowest BCUT2D eigenvalue weighted by atomic mass is 9.88. The van der Waals surface area contributed by atoms with Crippen molar-refractivity contribution in [2.24, 2.45) is 5.73 Å². The van der Waals surface area contributed by atoms with Gasteiger partial charge in [-0.2, -0.15) is 0 Å². The minimum Gasteiger partial charge on any atom is -0.463 e. The second kappa shape index (κ2) is 6.31. The van der Waals surface area contributed by atoms with Crippen molar-refractivity contribution in [2.45, 2.75) is 39.3 Å². The van der Waals surface area contributed by atoms with Crippen LogP contribution in [0.25, 0.3) is 0 Å². The van der Waals surface area contributed by atoms with Crippen LogP contribution in [0.4, 0.5) is 0 Å². The molecule has 1 aliphatic rings. The highest BCUT2D eigenvalue weighted by atomic mass is 16.5. The zero-order chi connectivity index (χ0) is 15.5. The molecule has 0 aromatic heterocycles. The van der Waals surface area contributed by atoms with Gasteiger partial charge in [0.25, 0.3) is 0 Å². The Balaban J connectivity index is 2.20. The number of carbonyl (C=O) groups is 1. The zero-order valence-corrected chi connectivity index (χ0v) is 13.1. The second-order valence-electron chi connectivity index (χ2n) is 5.83. The first-order valence-corrected chi connectivity index (χ1v) is 7.42. The van der Waals surface area contributed by atoms with Crippen LogP contribution in [0, 0.1) is 0 Å². The second-order valence-corrected chi connectivity index (χ2v) is 5.83. The van der Waals surface area contributed by atoms with Gasteiger partial charge in [0.05, 0.1) is 17.7 Å². The number of hydrogen-bond acceptors (Lipinski definition) is 4. The van der Waals surface area contributed by atoms with Crippen LogP contribution in [0.3, 0.4) is 0 Å². The molecule has 4 nitrogen and oxygen atoms in total. The van der Waals surface area contributed by atoms with Crippen LogP contribution in [-0.4, -0.2) is 29.6 Å². The molecule has 2 N–H and O–H groups in total. The van der Waals surface area contributed by atoms with Gasteiger partial charge in [0.2, 0.25) is 0 Å². The van der Waals surface area contributed by atoms with Crippen LogP contribution in [0.5, 0.6) is 0 Å². The zero-order valence-electron chi connectivity index (χ0n) is 13.1. The Morgan fingerprint density at radius 1 is 1.33 bits per heavy atom. The maximum Gasteiger partial charge on any atom is 0.335 e. The number of ether oxygens (including phenoxy) is 1. The summed E-state index contributed by atoms with van der Waals surface area (Å²) in [5.74, 6) is -0.276. The van der Waals surface area contributed by atoms with Gasteiger partial charge in [0.1, 0.15) is 0 Å². The molecule has 0 saturated carbocycles. The van der Waals surface area contributed by atoms with E-state index in [0.29, 0.717) is 24.3 Å². The summed E-state index contributed by atoms with van der Waals surface area (Å²) >= 11 is 0. The normalized spacial score (nSPS) is 18.6. The summed E-state index contributed by atoms with van der Waals surface area (Å²) in [6.07, 6.45) is 0.640. The van der Waals surface area contributed by atoms with Crippen molar-refractivity contribution < 1.29 is 9.53 Å². The fourth-order valence-corrected chi connectivity index (χ4v) is 2.71. The minimum absolute atomic E-state index is 0.276. The third-order valence-corrected chi connectivity index (χ3v) is 4.14. The fraction of sp³-hybridized carbons (Fsp3) is 0.471. The Morgan fingerprint density at radius 3 is 2.62 bits per heavy atom. The molecule has 0 spiro atoms. The average molecular weight is 288 g/mol. The van der Waals surface area contributed by atoms with Gasteiger partial charge in [-0.1, -0.05) is 30.3 Å². The Labute approximate surface area is 126 Å². The lowest BCUT2D eigenvalue weighted by Gasteiger charge is -2.43. The van der Waals surface area contributed by atoms with Crippen molar-refractivity contribution in [3.05, 3.63) is 47.2 Å². The van der Waals surface area contributed by atoms with Gasteiger partial charge >= 0.3 is 5.97 Å². The first-order chi connectivity index (χ1) is 9.96. The molecule has 0 radical (unpaired) electrons. The quantitative estimate of drug-likeness (QED) is 0.865.